The van der Waals surface area contributed by atoms with Crippen LogP contribution >= 0.6 is 0 Å². The van der Waals surface area contributed by atoms with Crippen LogP contribution in [0.15, 0.2) is 6.07 Å². The Morgan fingerprint density at radius 1 is 1.26 bits per heavy atom. The molecule has 1 aromatic heterocycles. The summed E-state index contributed by atoms with van der Waals surface area (Å²) in [7, 11) is 0. The summed E-state index contributed by atoms with van der Waals surface area (Å²) in [6, 6.07) is 2.25. The van der Waals surface area contributed by atoms with Crippen LogP contribution in [-0.4, -0.2) is 16.3 Å². The molecule has 1 aliphatic rings. The molecule has 1 fully saturated rings. The number of nitrogens with one attached hydrogen (secondary N) is 1. The molecular formula is C16H29N3. The second-order valence-corrected chi connectivity index (χ2v) is 6.05. The van der Waals surface area contributed by atoms with E-state index in [0.717, 1.165) is 31.3 Å². The highest BCUT2D eigenvalue weighted by Gasteiger charge is 2.17. The minimum atomic E-state index is 0.889. The van der Waals surface area contributed by atoms with E-state index in [1.165, 1.54) is 43.6 Å². The van der Waals surface area contributed by atoms with Crippen LogP contribution in [0.1, 0.15) is 57.8 Å². The van der Waals surface area contributed by atoms with E-state index < -0.39 is 0 Å². The van der Waals surface area contributed by atoms with Crippen molar-refractivity contribution in [3.8, 4) is 0 Å². The number of aryl methyl sites for hydroxylation is 2. The van der Waals surface area contributed by atoms with Gasteiger partial charge >= 0.3 is 0 Å². The van der Waals surface area contributed by atoms with Gasteiger partial charge in [0.15, 0.2) is 0 Å². The Bertz CT molecular complexity index is 375. The molecule has 1 heterocycles. The predicted octanol–water partition coefficient (Wildman–Crippen LogP) is 3.38. The molecule has 0 saturated heterocycles. The van der Waals surface area contributed by atoms with Crippen LogP contribution in [0.5, 0.6) is 0 Å². The molecular weight excluding hydrogens is 234 g/mol. The fourth-order valence-electron chi connectivity index (χ4n) is 3.04. The van der Waals surface area contributed by atoms with Gasteiger partial charge in [-0.3, -0.25) is 4.68 Å². The van der Waals surface area contributed by atoms with Crippen LogP contribution in [0, 0.1) is 11.8 Å². The first-order valence-corrected chi connectivity index (χ1v) is 7.99. The maximum Gasteiger partial charge on any atom is 0.0625 e. The van der Waals surface area contributed by atoms with Crippen LogP contribution in [0.25, 0.3) is 0 Å². The highest BCUT2D eigenvalue weighted by molar-refractivity contribution is 5.10. The van der Waals surface area contributed by atoms with Crippen molar-refractivity contribution in [3.63, 3.8) is 0 Å². The van der Waals surface area contributed by atoms with Gasteiger partial charge in [0, 0.05) is 13.1 Å². The van der Waals surface area contributed by atoms with Crippen molar-refractivity contribution in [1.82, 2.24) is 15.1 Å². The first-order valence-electron chi connectivity index (χ1n) is 7.99. The Balaban J connectivity index is 1.77. The summed E-state index contributed by atoms with van der Waals surface area (Å²) >= 11 is 0. The van der Waals surface area contributed by atoms with Gasteiger partial charge in [-0.2, -0.15) is 5.10 Å². The Morgan fingerprint density at radius 2 is 2.00 bits per heavy atom. The van der Waals surface area contributed by atoms with E-state index in [2.05, 4.69) is 41.9 Å². The molecule has 2 rings (SSSR count). The number of hydrogen-bond donors (Lipinski definition) is 1. The molecule has 1 saturated carbocycles. The maximum atomic E-state index is 4.60. The molecule has 0 amide bonds. The first-order chi connectivity index (χ1) is 9.22. The molecule has 0 aliphatic heterocycles. The van der Waals surface area contributed by atoms with Crippen molar-refractivity contribution < 1.29 is 0 Å². The van der Waals surface area contributed by atoms with E-state index in [9.17, 15) is 0 Å². The summed E-state index contributed by atoms with van der Waals surface area (Å²) < 4.78 is 2.13. The normalized spacial score (nSPS) is 23.7. The Kier molecular flexibility index (Phi) is 5.44. The fraction of sp³-hybridized carbons (Fsp3) is 0.812. The average Bonchev–Trinajstić information content (AvgIpc) is 2.83. The third-order valence-corrected chi connectivity index (χ3v) is 4.45. The summed E-state index contributed by atoms with van der Waals surface area (Å²) in [6.07, 6.45) is 6.67. The monoisotopic (exact) mass is 263 g/mol. The average molecular weight is 263 g/mol. The second-order valence-electron chi connectivity index (χ2n) is 6.05. The number of nitrogens with zero attached hydrogens (tertiary/aromatic N) is 2. The van der Waals surface area contributed by atoms with Gasteiger partial charge in [0.05, 0.1) is 11.4 Å². The zero-order valence-corrected chi connectivity index (χ0v) is 12.8. The minimum Gasteiger partial charge on any atom is -0.311 e. The molecule has 0 spiro atoms. The third kappa shape index (κ3) is 4.07. The summed E-state index contributed by atoms with van der Waals surface area (Å²) in [5.41, 5.74) is 2.55. The van der Waals surface area contributed by atoms with Gasteiger partial charge in [0.2, 0.25) is 0 Å². The van der Waals surface area contributed by atoms with Crippen LogP contribution in [0.3, 0.4) is 0 Å². The molecule has 1 aliphatic carbocycles. The van der Waals surface area contributed by atoms with Gasteiger partial charge < -0.3 is 5.32 Å². The predicted molar refractivity (Wildman–Crippen MR) is 80.1 cm³/mol. The fourth-order valence-corrected chi connectivity index (χ4v) is 3.04. The quantitative estimate of drug-likeness (QED) is 0.852. The van der Waals surface area contributed by atoms with Gasteiger partial charge in [0.25, 0.3) is 0 Å². The van der Waals surface area contributed by atoms with Crippen LogP contribution < -0.4 is 5.32 Å². The Morgan fingerprint density at radius 3 is 2.63 bits per heavy atom. The maximum absolute atomic E-state index is 4.60. The van der Waals surface area contributed by atoms with Crippen LogP contribution in [0.4, 0.5) is 0 Å². The highest BCUT2D eigenvalue weighted by atomic mass is 15.3. The molecule has 0 bridgehead atoms. The summed E-state index contributed by atoms with van der Waals surface area (Å²) in [5.74, 6) is 1.84. The summed E-state index contributed by atoms with van der Waals surface area (Å²) in [4.78, 5) is 0. The van der Waals surface area contributed by atoms with Crippen molar-refractivity contribution in [2.75, 3.05) is 6.54 Å². The lowest BCUT2D eigenvalue weighted by atomic mass is 9.83. The van der Waals surface area contributed by atoms with E-state index >= 15 is 0 Å². The van der Waals surface area contributed by atoms with Gasteiger partial charge in [-0.05, 0) is 50.6 Å². The zero-order chi connectivity index (χ0) is 13.7. The lowest BCUT2D eigenvalue weighted by Gasteiger charge is -2.26. The van der Waals surface area contributed by atoms with Gasteiger partial charge in [0.1, 0.15) is 0 Å². The number of aromatic nitrogens is 2. The lowest BCUT2D eigenvalue weighted by Crippen LogP contribution is -2.26. The molecule has 0 unspecified atom stereocenters. The molecule has 3 heteroatoms. The first kappa shape index (κ1) is 14.6. The van der Waals surface area contributed by atoms with Crippen molar-refractivity contribution in [2.45, 2.75) is 66.0 Å². The molecule has 0 radical (unpaired) electrons. The van der Waals surface area contributed by atoms with E-state index in [-0.39, 0.29) is 0 Å². The van der Waals surface area contributed by atoms with E-state index in [1.807, 2.05) is 0 Å². The van der Waals surface area contributed by atoms with Gasteiger partial charge in [-0.15, -0.1) is 0 Å². The molecule has 0 atom stereocenters. The topological polar surface area (TPSA) is 29.9 Å². The van der Waals surface area contributed by atoms with E-state index in [0.29, 0.717) is 0 Å². The number of hydrogen-bond acceptors (Lipinski definition) is 2. The second kappa shape index (κ2) is 7.09. The van der Waals surface area contributed by atoms with Crippen LogP contribution in [-0.2, 0) is 19.5 Å². The van der Waals surface area contributed by atoms with Crippen molar-refractivity contribution in [3.05, 3.63) is 17.5 Å². The standard InChI is InChI=1S/C16H29N3/c1-4-15-10-16(19(5-2)18-15)12-17-11-14-8-6-13(3)7-9-14/h10,13-14,17H,4-9,11-12H2,1-3H3. The molecule has 1 N–H and O–H groups in total. The summed E-state index contributed by atoms with van der Waals surface area (Å²) in [5, 5.41) is 8.24. The van der Waals surface area contributed by atoms with Crippen molar-refractivity contribution in [1.29, 1.82) is 0 Å². The Hall–Kier alpha value is -0.830. The molecule has 3 nitrogen and oxygen atoms in total. The van der Waals surface area contributed by atoms with Gasteiger partial charge in [-0.25, -0.2) is 0 Å². The third-order valence-electron chi connectivity index (χ3n) is 4.45. The summed E-state index contributed by atoms with van der Waals surface area (Å²) in [6.45, 7) is 9.82. The van der Waals surface area contributed by atoms with E-state index in [4.69, 9.17) is 0 Å². The van der Waals surface area contributed by atoms with E-state index in [1.54, 1.807) is 0 Å². The van der Waals surface area contributed by atoms with Crippen LogP contribution in [0.2, 0.25) is 0 Å². The van der Waals surface area contributed by atoms with Gasteiger partial charge in [-0.1, -0.05) is 26.7 Å². The highest BCUT2D eigenvalue weighted by Crippen LogP contribution is 2.27. The lowest BCUT2D eigenvalue weighted by molar-refractivity contribution is 0.281. The SMILES string of the molecule is CCc1cc(CNCC2CCC(C)CC2)n(CC)n1. The molecule has 1 aromatic rings. The molecule has 0 aromatic carbocycles. The zero-order valence-electron chi connectivity index (χ0n) is 12.8. The number of rotatable bonds is 6. The smallest absolute Gasteiger partial charge is 0.0625 e. The minimum absolute atomic E-state index is 0.889. The largest absolute Gasteiger partial charge is 0.311 e. The molecule has 108 valence electrons. The molecule has 19 heavy (non-hydrogen) atoms. The Labute approximate surface area is 117 Å². The van der Waals surface area contributed by atoms with Crippen molar-refractivity contribution >= 4 is 0 Å². The van der Waals surface area contributed by atoms with Crippen molar-refractivity contribution in [2.24, 2.45) is 11.8 Å².